The summed E-state index contributed by atoms with van der Waals surface area (Å²) in [5.41, 5.74) is 1.14. The molecule has 0 fully saturated rings. The van der Waals surface area contributed by atoms with Crippen LogP contribution < -0.4 is 19.5 Å². The molecule has 2 rings (SSSR count). The van der Waals surface area contributed by atoms with E-state index >= 15 is 0 Å². The molecule has 0 aliphatic rings. The molecule has 5 heteroatoms. The highest BCUT2D eigenvalue weighted by molar-refractivity contribution is 6.06. The third kappa shape index (κ3) is 5.41. The largest absolute Gasteiger partial charge is 0.494 e. The zero-order chi connectivity index (χ0) is 18.1. The predicted octanol–water partition coefficient (Wildman–Crippen LogP) is 4.53. The van der Waals surface area contributed by atoms with Crippen LogP contribution in [0.5, 0.6) is 17.2 Å². The van der Waals surface area contributed by atoms with Crippen molar-refractivity contribution in [3.05, 3.63) is 48.0 Å². The third-order valence-corrected chi connectivity index (χ3v) is 3.37. The smallest absolute Gasteiger partial charge is 0.259 e. The normalized spacial score (nSPS) is 10.2. The highest BCUT2D eigenvalue weighted by Gasteiger charge is 2.14. The van der Waals surface area contributed by atoms with Crippen molar-refractivity contribution >= 4 is 11.6 Å². The summed E-state index contributed by atoms with van der Waals surface area (Å²) < 4.78 is 16.7. The molecule has 0 spiro atoms. The minimum absolute atomic E-state index is 0.237. The van der Waals surface area contributed by atoms with E-state index in [1.54, 1.807) is 18.2 Å². The van der Waals surface area contributed by atoms with Gasteiger partial charge >= 0.3 is 0 Å². The second-order valence-electron chi connectivity index (χ2n) is 5.35. The van der Waals surface area contributed by atoms with Gasteiger partial charge in [-0.25, -0.2) is 0 Å². The van der Waals surface area contributed by atoms with E-state index in [1.807, 2.05) is 45.0 Å². The Hall–Kier alpha value is -2.69. The van der Waals surface area contributed by atoms with Crippen LogP contribution in [0.25, 0.3) is 0 Å². The van der Waals surface area contributed by atoms with Crippen LogP contribution in [0.4, 0.5) is 5.69 Å². The van der Waals surface area contributed by atoms with E-state index in [0.717, 1.165) is 12.2 Å². The molecule has 0 unspecified atom stereocenters. The standard InChI is InChI=1S/C20H25NO4/c1-4-12-25-16-9-7-8-15(13-16)21-20(22)18-11-10-17(23-5-2)14-19(18)24-6-3/h7-11,13-14H,4-6,12H2,1-3H3,(H,21,22). The number of carbonyl (C=O) groups excluding carboxylic acids is 1. The quantitative estimate of drug-likeness (QED) is 0.727. The summed E-state index contributed by atoms with van der Waals surface area (Å²) in [5.74, 6) is 1.68. The Bertz CT molecular complexity index is 700. The Morgan fingerprint density at radius 1 is 0.920 bits per heavy atom. The molecule has 0 saturated heterocycles. The lowest BCUT2D eigenvalue weighted by molar-refractivity contribution is 0.102. The lowest BCUT2D eigenvalue weighted by atomic mass is 10.1. The summed E-state index contributed by atoms with van der Waals surface area (Å²) in [6.07, 6.45) is 0.931. The first-order chi connectivity index (χ1) is 12.2. The summed E-state index contributed by atoms with van der Waals surface area (Å²) in [4.78, 5) is 12.6. The average molecular weight is 343 g/mol. The van der Waals surface area contributed by atoms with Gasteiger partial charge < -0.3 is 19.5 Å². The van der Waals surface area contributed by atoms with Gasteiger partial charge in [-0.3, -0.25) is 4.79 Å². The fourth-order valence-electron chi connectivity index (χ4n) is 2.30. The van der Waals surface area contributed by atoms with Crippen molar-refractivity contribution in [2.24, 2.45) is 0 Å². The molecule has 0 bridgehead atoms. The summed E-state index contributed by atoms with van der Waals surface area (Å²) in [7, 11) is 0. The molecule has 2 aromatic carbocycles. The maximum Gasteiger partial charge on any atom is 0.259 e. The van der Waals surface area contributed by atoms with Crippen LogP contribution in [-0.4, -0.2) is 25.7 Å². The summed E-state index contributed by atoms with van der Waals surface area (Å²) >= 11 is 0. The minimum Gasteiger partial charge on any atom is -0.494 e. The van der Waals surface area contributed by atoms with Gasteiger partial charge in [0.15, 0.2) is 0 Å². The topological polar surface area (TPSA) is 56.8 Å². The summed E-state index contributed by atoms with van der Waals surface area (Å²) in [5, 5.41) is 2.89. The van der Waals surface area contributed by atoms with E-state index in [-0.39, 0.29) is 5.91 Å². The van der Waals surface area contributed by atoms with Crippen molar-refractivity contribution in [1.82, 2.24) is 0 Å². The molecular formula is C20H25NO4. The first kappa shape index (κ1) is 18.6. The second-order valence-corrected chi connectivity index (χ2v) is 5.35. The summed E-state index contributed by atoms with van der Waals surface area (Å²) in [6.45, 7) is 7.51. The van der Waals surface area contributed by atoms with Crippen LogP contribution in [0.2, 0.25) is 0 Å². The van der Waals surface area contributed by atoms with Crippen molar-refractivity contribution in [2.75, 3.05) is 25.1 Å². The zero-order valence-corrected chi connectivity index (χ0v) is 15.0. The molecule has 0 radical (unpaired) electrons. The Balaban J connectivity index is 2.17. The van der Waals surface area contributed by atoms with E-state index in [9.17, 15) is 4.79 Å². The van der Waals surface area contributed by atoms with Crippen LogP contribution in [-0.2, 0) is 0 Å². The number of hydrogen-bond acceptors (Lipinski definition) is 4. The van der Waals surface area contributed by atoms with Gasteiger partial charge in [-0.05, 0) is 44.5 Å². The molecule has 0 aliphatic carbocycles. The monoisotopic (exact) mass is 343 g/mol. The molecule has 134 valence electrons. The Kier molecular flexibility index (Phi) is 7.14. The first-order valence-electron chi connectivity index (χ1n) is 8.61. The lowest BCUT2D eigenvalue weighted by Crippen LogP contribution is -2.14. The van der Waals surface area contributed by atoms with E-state index in [0.29, 0.717) is 42.6 Å². The van der Waals surface area contributed by atoms with Crippen LogP contribution in [0.15, 0.2) is 42.5 Å². The molecule has 1 N–H and O–H groups in total. The van der Waals surface area contributed by atoms with E-state index in [1.165, 1.54) is 0 Å². The van der Waals surface area contributed by atoms with Crippen molar-refractivity contribution in [1.29, 1.82) is 0 Å². The molecule has 0 aliphatic heterocycles. The van der Waals surface area contributed by atoms with Gasteiger partial charge in [0.05, 0.1) is 25.4 Å². The molecule has 1 amide bonds. The molecule has 0 aromatic heterocycles. The number of amides is 1. The number of carbonyl (C=O) groups is 1. The average Bonchev–Trinajstić information content (AvgIpc) is 2.61. The molecule has 5 nitrogen and oxygen atoms in total. The Morgan fingerprint density at radius 2 is 1.68 bits per heavy atom. The fraction of sp³-hybridized carbons (Fsp3) is 0.350. The van der Waals surface area contributed by atoms with Crippen LogP contribution in [0.1, 0.15) is 37.6 Å². The SMILES string of the molecule is CCCOc1cccc(NC(=O)c2ccc(OCC)cc2OCC)c1. The lowest BCUT2D eigenvalue weighted by Gasteiger charge is -2.13. The van der Waals surface area contributed by atoms with Gasteiger partial charge in [0.1, 0.15) is 17.2 Å². The van der Waals surface area contributed by atoms with Crippen molar-refractivity contribution in [3.8, 4) is 17.2 Å². The maximum absolute atomic E-state index is 12.6. The van der Waals surface area contributed by atoms with E-state index < -0.39 is 0 Å². The number of nitrogens with one attached hydrogen (secondary N) is 1. The molecule has 25 heavy (non-hydrogen) atoms. The number of hydrogen-bond donors (Lipinski definition) is 1. The predicted molar refractivity (Wildman–Crippen MR) is 99.0 cm³/mol. The number of benzene rings is 2. The molecule has 2 aromatic rings. The third-order valence-electron chi connectivity index (χ3n) is 3.37. The van der Waals surface area contributed by atoms with Crippen molar-refractivity contribution in [3.63, 3.8) is 0 Å². The Labute approximate surface area is 148 Å². The highest BCUT2D eigenvalue weighted by atomic mass is 16.5. The fourth-order valence-corrected chi connectivity index (χ4v) is 2.30. The maximum atomic E-state index is 12.6. The summed E-state index contributed by atoms with van der Waals surface area (Å²) in [6, 6.07) is 12.6. The van der Waals surface area contributed by atoms with Crippen LogP contribution in [0.3, 0.4) is 0 Å². The highest BCUT2D eigenvalue weighted by Crippen LogP contribution is 2.26. The van der Waals surface area contributed by atoms with Gasteiger partial charge in [0.2, 0.25) is 0 Å². The van der Waals surface area contributed by atoms with Gasteiger partial charge in [-0.1, -0.05) is 13.0 Å². The first-order valence-corrected chi connectivity index (χ1v) is 8.61. The second kappa shape index (κ2) is 9.57. The number of ether oxygens (including phenoxy) is 3. The van der Waals surface area contributed by atoms with Crippen LogP contribution in [0, 0.1) is 0 Å². The van der Waals surface area contributed by atoms with Crippen molar-refractivity contribution in [2.45, 2.75) is 27.2 Å². The van der Waals surface area contributed by atoms with Crippen LogP contribution >= 0.6 is 0 Å². The molecule has 0 atom stereocenters. The van der Waals surface area contributed by atoms with Gasteiger partial charge in [0, 0.05) is 17.8 Å². The molecule has 0 saturated carbocycles. The van der Waals surface area contributed by atoms with E-state index in [2.05, 4.69) is 5.32 Å². The van der Waals surface area contributed by atoms with Gasteiger partial charge in [0.25, 0.3) is 5.91 Å². The molecular weight excluding hydrogens is 318 g/mol. The molecule has 0 heterocycles. The Morgan fingerprint density at radius 3 is 2.40 bits per heavy atom. The van der Waals surface area contributed by atoms with Gasteiger partial charge in [-0.2, -0.15) is 0 Å². The number of anilines is 1. The zero-order valence-electron chi connectivity index (χ0n) is 15.0. The van der Waals surface area contributed by atoms with Crippen molar-refractivity contribution < 1.29 is 19.0 Å². The number of rotatable bonds is 9. The van der Waals surface area contributed by atoms with E-state index in [4.69, 9.17) is 14.2 Å². The minimum atomic E-state index is -0.237. The van der Waals surface area contributed by atoms with Gasteiger partial charge in [-0.15, -0.1) is 0 Å².